The van der Waals surface area contributed by atoms with Crippen LogP contribution in [-0.4, -0.2) is 101 Å². The smallest absolute Gasteiger partial charge is 0.335 e. The van der Waals surface area contributed by atoms with E-state index in [9.17, 15) is 23.2 Å². The molecule has 3 heterocycles. The summed E-state index contributed by atoms with van der Waals surface area (Å²) in [5.74, 6) is -4.11. The molecule has 4 N–H and O–H groups in total. The number of aliphatic hydroxyl groups excluding tert-OH is 2. The van der Waals surface area contributed by atoms with E-state index in [0.29, 0.717) is 25.1 Å². The number of carbonyl (C=O) groups is 3. The van der Waals surface area contributed by atoms with Crippen molar-refractivity contribution in [2.75, 3.05) is 40.3 Å². The Balaban J connectivity index is 0.000000378. The van der Waals surface area contributed by atoms with Gasteiger partial charge in [0, 0.05) is 38.6 Å². The van der Waals surface area contributed by atoms with Crippen LogP contribution in [0.15, 0.2) is 30.3 Å². The number of likely N-dealkylation sites (tertiary alicyclic amines) is 1. The van der Waals surface area contributed by atoms with Crippen LogP contribution in [0, 0.1) is 16.9 Å². The van der Waals surface area contributed by atoms with Crippen LogP contribution in [0.2, 0.25) is 0 Å². The SMILES string of the molecule is CN(C)C(=O)[C@@H](Cc1ccccc1F)CN1CCC2(CC1)OCCc1cc(F)sc12.O=C(O)C(O)C(O)C(=O)O. The molecule has 0 saturated carbocycles. The number of aliphatic carboxylic acids is 2. The van der Waals surface area contributed by atoms with Gasteiger partial charge in [-0.3, -0.25) is 4.79 Å². The summed E-state index contributed by atoms with van der Waals surface area (Å²) in [5, 5.41) is 32.4. The maximum absolute atomic E-state index is 14.2. The lowest BCUT2D eigenvalue weighted by atomic mass is 9.85. The molecule has 1 aromatic heterocycles. The average Bonchev–Trinajstić information content (AvgIpc) is 3.31. The summed E-state index contributed by atoms with van der Waals surface area (Å²) in [7, 11) is 3.48. The normalized spacial score (nSPS) is 18.6. The number of aliphatic hydroxyl groups is 2. The lowest BCUT2D eigenvalue weighted by molar-refractivity contribution is -0.165. The van der Waals surface area contributed by atoms with Gasteiger partial charge >= 0.3 is 11.9 Å². The topological polar surface area (TPSA) is 148 Å². The first-order valence-electron chi connectivity index (χ1n) is 12.8. The van der Waals surface area contributed by atoms with Gasteiger partial charge in [0.15, 0.2) is 17.3 Å². The highest BCUT2D eigenvalue weighted by Gasteiger charge is 2.43. The highest BCUT2D eigenvalue weighted by Crippen LogP contribution is 2.45. The quantitative estimate of drug-likeness (QED) is 0.364. The van der Waals surface area contributed by atoms with Gasteiger partial charge in [0.2, 0.25) is 5.91 Å². The van der Waals surface area contributed by atoms with E-state index in [1.54, 1.807) is 43.3 Å². The number of hydrogen-bond donors (Lipinski definition) is 4. The van der Waals surface area contributed by atoms with Crippen LogP contribution in [0.5, 0.6) is 0 Å². The van der Waals surface area contributed by atoms with E-state index in [4.69, 9.17) is 25.2 Å². The summed E-state index contributed by atoms with van der Waals surface area (Å²) < 4.78 is 34.2. The number of halogens is 2. The van der Waals surface area contributed by atoms with E-state index in [0.717, 1.165) is 42.8 Å². The van der Waals surface area contributed by atoms with Crippen LogP contribution in [-0.2, 0) is 37.6 Å². The zero-order chi connectivity index (χ0) is 29.6. The molecule has 2 aliphatic rings. The number of carbonyl (C=O) groups excluding carboxylic acids is 1. The molecule has 2 aliphatic heterocycles. The Labute approximate surface area is 234 Å². The van der Waals surface area contributed by atoms with Gasteiger partial charge in [-0.05, 0) is 48.9 Å². The maximum Gasteiger partial charge on any atom is 0.335 e. The summed E-state index contributed by atoms with van der Waals surface area (Å²) >= 11 is 1.21. The van der Waals surface area contributed by atoms with Crippen molar-refractivity contribution < 1.29 is 48.3 Å². The van der Waals surface area contributed by atoms with Crippen molar-refractivity contribution in [3.8, 4) is 0 Å². The van der Waals surface area contributed by atoms with Crippen LogP contribution in [0.25, 0.3) is 0 Å². The van der Waals surface area contributed by atoms with E-state index < -0.39 is 29.7 Å². The molecule has 2 aromatic rings. The average molecular weight is 585 g/mol. The molecule has 1 amide bonds. The summed E-state index contributed by atoms with van der Waals surface area (Å²) in [6.07, 6.45) is -1.83. The lowest BCUT2D eigenvalue weighted by Gasteiger charge is -2.44. The third-order valence-electron chi connectivity index (χ3n) is 7.10. The number of fused-ring (bicyclic) bond motifs is 2. The molecule has 1 fully saturated rings. The van der Waals surface area contributed by atoms with Crippen molar-refractivity contribution >= 4 is 29.2 Å². The standard InChI is InChI=1S/C23H28F2N2O2S.C4H6O6/c1-26(2)22(28)18(13-16-5-3-4-6-19(16)24)15-27-10-8-23(9-11-27)21-17(7-12-29-23)14-20(25)30-21;5-1(3(7)8)2(6)4(9)10/h3-6,14,18H,7-13,15H2,1-2H3;1-2,5-6H,(H,7,8)(H,9,10)/t18-;/m0./s1. The van der Waals surface area contributed by atoms with Gasteiger partial charge in [0.05, 0.1) is 12.5 Å². The second-order valence-corrected chi connectivity index (χ2v) is 11.1. The number of hydrogen-bond acceptors (Lipinski definition) is 8. The van der Waals surface area contributed by atoms with Gasteiger partial charge in [-0.2, -0.15) is 4.39 Å². The molecule has 220 valence electrons. The maximum atomic E-state index is 14.2. The Morgan fingerprint density at radius 2 is 1.68 bits per heavy atom. The number of carboxylic acid groups (broad SMARTS) is 2. The fourth-order valence-electron chi connectivity index (χ4n) is 4.96. The first-order chi connectivity index (χ1) is 18.8. The van der Waals surface area contributed by atoms with Crippen molar-refractivity contribution in [3.63, 3.8) is 0 Å². The molecular weight excluding hydrogens is 550 g/mol. The summed E-state index contributed by atoms with van der Waals surface area (Å²) in [5.41, 5.74) is 1.25. The van der Waals surface area contributed by atoms with Crippen molar-refractivity contribution in [1.82, 2.24) is 9.80 Å². The molecule has 1 spiro atoms. The fourth-order valence-corrected chi connectivity index (χ4v) is 6.10. The van der Waals surface area contributed by atoms with Gasteiger partial charge in [-0.1, -0.05) is 18.2 Å². The molecule has 40 heavy (non-hydrogen) atoms. The first kappa shape index (κ1) is 31.6. The van der Waals surface area contributed by atoms with E-state index in [-0.39, 0.29) is 22.8 Å². The van der Waals surface area contributed by atoms with E-state index in [2.05, 4.69) is 4.90 Å². The number of rotatable bonds is 8. The Morgan fingerprint density at radius 1 is 1.07 bits per heavy atom. The monoisotopic (exact) mass is 584 g/mol. The molecule has 4 rings (SSSR count). The lowest BCUT2D eigenvalue weighted by Crippen LogP contribution is -2.48. The molecule has 2 unspecified atom stereocenters. The van der Waals surface area contributed by atoms with Crippen LogP contribution in [0.1, 0.15) is 28.8 Å². The Bertz CT molecular complexity index is 1180. The minimum atomic E-state index is -2.27. The summed E-state index contributed by atoms with van der Waals surface area (Å²) in [4.78, 5) is 37.2. The second kappa shape index (κ2) is 13.6. The third-order valence-corrected chi connectivity index (χ3v) is 8.26. The molecule has 1 saturated heterocycles. The summed E-state index contributed by atoms with van der Waals surface area (Å²) in [6, 6.07) is 8.31. The fraction of sp³-hybridized carbons (Fsp3) is 0.519. The second-order valence-electron chi connectivity index (χ2n) is 10.1. The highest BCUT2D eigenvalue weighted by atomic mass is 32.1. The van der Waals surface area contributed by atoms with Crippen LogP contribution in [0.4, 0.5) is 8.78 Å². The van der Waals surface area contributed by atoms with E-state index >= 15 is 0 Å². The van der Waals surface area contributed by atoms with Gasteiger partial charge < -0.3 is 35.0 Å². The van der Waals surface area contributed by atoms with E-state index in [1.807, 2.05) is 0 Å². The zero-order valence-corrected chi connectivity index (χ0v) is 23.1. The van der Waals surface area contributed by atoms with Gasteiger partial charge in [-0.15, -0.1) is 11.3 Å². The van der Waals surface area contributed by atoms with Gasteiger partial charge in [-0.25, -0.2) is 14.0 Å². The van der Waals surface area contributed by atoms with Gasteiger partial charge in [0.1, 0.15) is 11.4 Å². The Hall–Kier alpha value is -2.97. The highest BCUT2D eigenvalue weighted by molar-refractivity contribution is 7.10. The molecule has 0 aliphatic carbocycles. The largest absolute Gasteiger partial charge is 0.479 e. The molecule has 1 aromatic carbocycles. The van der Waals surface area contributed by atoms with Crippen molar-refractivity contribution in [3.05, 3.63) is 57.3 Å². The first-order valence-corrected chi connectivity index (χ1v) is 13.6. The molecule has 0 radical (unpaired) electrons. The molecule has 10 nitrogen and oxygen atoms in total. The number of amides is 1. The number of carboxylic acids is 2. The predicted octanol–water partition coefficient (Wildman–Crippen LogP) is 1.71. The number of thiophene rings is 1. The third kappa shape index (κ3) is 7.61. The molecule has 0 bridgehead atoms. The molecular formula is C27H34F2N2O8S. The number of nitrogens with zero attached hydrogens (tertiary/aromatic N) is 2. The van der Waals surface area contributed by atoms with Crippen LogP contribution >= 0.6 is 11.3 Å². The molecule has 13 heteroatoms. The van der Waals surface area contributed by atoms with Crippen LogP contribution in [0.3, 0.4) is 0 Å². The number of ether oxygens (including phenoxy) is 1. The number of benzene rings is 1. The summed E-state index contributed by atoms with van der Waals surface area (Å²) in [6.45, 7) is 2.74. The predicted molar refractivity (Wildman–Crippen MR) is 141 cm³/mol. The molecule has 3 atom stereocenters. The van der Waals surface area contributed by atoms with Crippen molar-refractivity contribution in [1.29, 1.82) is 0 Å². The number of piperidine rings is 1. The Morgan fingerprint density at radius 3 is 2.23 bits per heavy atom. The zero-order valence-electron chi connectivity index (χ0n) is 22.3. The Kier molecular flexibility index (Phi) is 10.7. The minimum absolute atomic E-state index is 0.00932. The van der Waals surface area contributed by atoms with Crippen molar-refractivity contribution in [2.45, 2.75) is 43.5 Å². The van der Waals surface area contributed by atoms with Crippen molar-refractivity contribution in [2.24, 2.45) is 5.92 Å². The van der Waals surface area contributed by atoms with Crippen LogP contribution < -0.4 is 0 Å². The van der Waals surface area contributed by atoms with Gasteiger partial charge in [0.25, 0.3) is 0 Å². The van der Waals surface area contributed by atoms with E-state index in [1.165, 1.54) is 17.4 Å². The minimum Gasteiger partial charge on any atom is -0.479 e.